The summed E-state index contributed by atoms with van der Waals surface area (Å²) in [4.78, 5) is 4.30. The van der Waals surface area contributed by atoms with Gasteiger partial charge in [0.05, 0.1) is 25.5 Å². The van der Waals surface area contributed by atoms with Gasteiger partial charge in [-0.05, 0) is 71.0 Å². The molecule has 2 aromatic carbocycles. The maximum absolute atomic E-state index is 13.6. The zero-order valence-corrected chi connectivity index (χ0v) is 25.1. The smallest absolute Gasteiger partial charge is 0.199 e. The number of thiazole rings is 1. The van der Waals surface area contributed by atoms with E-state index >= 15 is 0 Å². The number of aliphatic hydroxyl groups is 2. The molecule has 5 rings (SSSR count). The van der Waals surface area contributed by atoms with Gasteiger partial charge in [-0.1, -0.05) is 58.0 Å². The maximum atomic E-state index is 13.6. The van der Waals surface area contributed by atoms with Gasteiger partial charge in [0.1, 0.15) is 14.8 Å². The lowest BCUT2D eigenvalue weighted by atomic mass is 9.83. The molecule has 3 heterocycles. The molecule has 0 saturated heterocycles. The van der Waals surface area contributed by atoms with Crippen LogP contribution in [0.2, 0.25) is 0 Å². The molecular weight excluding hydrogens is 530 g/mol. The topological polar surface area (TPSA) is 104 Å². The molecule has 1 atom stereocenters. The van der Waals surface area contributed by atoms with Crippen molar-refractivity contribution >= 4 is 27.1 Å². The normalized spacial score (nSPS) is 19.1. The molecule has 0 amide bonds. The van der Waals surface area contributed by atoms with Crippen molar-refractivity contribution in [3.05, 3.63) is 68.9 Å². The minimum absolute atomic E-state index is 0.264. The van der Waals surface area contributed by atoms with Crippen LogP contribution in [0.5, 0.6) is 0 Å². The van der Waals surface area contributed by atoms with Crippen LogP contribution in [0.1, 0.15) is 91.9 Å². The molecule has 3 aromatic rings. The lowest BCUT2D eigenvalue weighted by Gasteiger charge is -2.24. The van der Waals surface area contributed by atoms with Crippen molar-refractivity contribution in [1.82, 2.24) is 4.98 Å². The number of aromatic nitrogens is 1. The molecule has 0 radical (unpaired) electrons. The Morgan fingerprint density at radius 3 is 2.31 bits per heavy atom. The number of amidine groups is 1. The van der Waals surface area contributed by atoms with Crippen molar-refractivity contribution in [2.24, 2.45) is 8.76 Å². The molecule has 1 unspecified atom stereocenters. The average Bonchev–Trinajstić information content (AvgIpc) is 3.33. The predicted molar refractivity (Wildman–Crippen MR) is 157 cm³/mol. The zero-order chi connectivity index (χ0) is 28.1. The van der Waals surface area contributed by atoms with Crippen molar-refractivity contribution in [3.63, 3.8) is 0 Å². The van der Waals surface area contributed by atoms with Crippen LogP contribution in [-0.2, 0) is 46.3 Å². The average molecular weight is 568 g/mol. The van der Waals surface area contributed by atoms with Gasteiger partial charge >= 0.3 is 0 Å². The largest absolute Gasteiger partial charge is 0.390 e. The first-order chi connectivity index (χ1) is 18.4. The maximum Gasteiger partial charge on any atom is 0.199 e. The fourth-order valence-corrected chi connectivity index (χ4v) is 8.16. The quantitative estimate of drug-likeness (QED) is 0.335. The molecule has 0 spiro atoms. The highest BCUT2D eigenvalue weighted by Gasteiger charge is 2.33. The third kappa shape index (κ3) is 5.47. The molecule has 7 nitrogen and oxygen atoms in total. The number of nitrogens with zero attached hydrogens (tertiary/aromatic N) is 3. The first-order valence-electron chi connectivity index (χ1n) is 13.5. The number of hydrogen-bond donors (Lipinski definition) is 2. The Hall–Kier alpha value is -2.43. The van der Waals surface area contributed by atoms with Gasteiger partial charge in [0, 0.05) is 6.42 Å². The number of benzene rings is 2. The number of hydrogen-bond acceptors (Lipinski definition) is 7. The molecule has 1 aromatic heterocycles. The second kappa shape index (κ2) is 10.5. The molecule has 0 bridgehead atoms. The van der Waals surface area contributed by atoms with E-state index in [-0.39, 0.29) is 24.1 Å². The summed E-state index contributed by atoms with van der Waals surface area (Å²) in [6, 6.07) is 11.2. The van der Waals surface area contributed by atoms with E-state index in [1.807, 2.05) is 0 Å². The first kappa shape index (κ1) is 28.1. The van der Waals surface area contributed by atoms with Gasteiger partial charge in [-0.15, -0.1) is 11.3 Å². The van der Waals surface area contributed by atoms with Crippen LogP contribution in [0.25, 0.3) is 11.1 Å². The molecule has 0 aliphatic carbocycles. The van der Waals surface area contributed by atoms with Crippen LogP contribution in [0.4, 0.5) is 0 Å². The monoisotopic (exact) mass is 567 g/mol. The summed E-state index contributed by atoms with van der Waals surface area (Å²) in [5.74, 6) is 1.10. The van der Waals surface area contributed by atoms with Crippen LogP contribution < -0.4 is 0 Å². The fourth-order valence-electron chi connectivity index (χ4n) is 5.16. The number of aliphatic hydroxyl groups excluding tert-OH is 1. The van der Waals surface area contributed by atoms with Gasteiger partial charge in [-0.2, -0.15) is 8.76 Å². The molecule has 9 heteroatoms. The lowest BCUT2D eigenvalue weighted by molar-refractivity contribution is 0.0779. The van der Waals surface area contributed by atoms with E-state index in [4.69, 9.17) is 4.74 Å². The molecule has 0 fully saturated rings. The highest BCUT2D eigenvalue weighted by molar-refractivity contribution is 7.96. The van der Waals surface area contributed by atoms with Gasteiger partial charge in [0.15, 0.2) is 15.8 Å². The van der Waals surface area contributed by atoms with Crippen LogP contribution in [0.3, 0.4) is 0 Å². The standard InChI is InChI=1S/C30H37N3O4S2/c1-17(2)23-12-22(19-7-8-21-16-37-10-9-20(21)11-19)13-24(18(3)4)25(23)14-27-32-39(36,33-27)28-26(15-34)31-29(38-28)30(5,6)35/h7-8,11-13,17-18,34-35H,9-10,14-16H2,1-6H3. The first-order valence-corrected chi connectivity index (χ1v) is 15.7. The number of fused-ring (bicyclic) bond motifs is 1. The summed E-state index contributed by atoms with van der Waals surface area (Å²) in [5, 5.41) is 20.5. The van der Waals surface area contributed by atoms with Gasteiger partial charge in [0.25, 0.3) is 0 Å². The Morgan fingerprint density at radius 1 is 1.05 bits per heavy atom. The van der Waals surface area contributed by atoms with Crippen LogP contribution in [-0.4, -0.2) is 31.8 Å². The van der Waals surface area contributed by atoms with E-state index in [0.717, 1.165) is 24.4 Å². The summed E-state index contributed by atoms with van der Waals surface area (Å²) < 4.78 is 28.5. The Kier molecular flexibility index (Phi) is 7.58. The number of rotatable bonds is 8. The van der Waals surface area contributed by atoms with Crippen LogP contribution >= 0.6 is 11.3 Å². The summed E-state index contributed by atoms with van der Waals surface area (Å²) >= 11 is 1.10. The summed E-state index contributed by atoms with van der Waals surface area (Å²) in [6.07, 6.45) is 1.43. The Balaban J connectivity index is 1.50. The van der Waals surface area contributed by atoms with Crippen molar-refractivity contribution in [2.75, 3.05) is 6.61 Å². The summed E-state index contributed by atoms with van der Waals surface area (Å²) in [5.41, 5.74) is 7.77. The van der Waals surface area contributed by atoms with Crippen molar-refractivity contribution in [3.8, 4) is 11.1 Å². The van der Waals surface area contributed by atoms with Crippen LogP contribution in [0.15, 0.2) is 43.3 Å². The number of ether oxygens (including phenoxy) is 1. The molecule has 39 heavy (non-hydrogen) atoms. The summed E-state index contributed by atoms with van der Waals surface area (Å²) in [7, 11) is -3.06. The van der Waals surface area contributed by atoms with Crippen LogP contribution in [0, 0.1) is 0 Å². The van der Waals surface area contributed by atoms with Crippen molar-refractivity contribution in [2.45, 2.75) is 89.2 Å². The minimum atomic E-state index is -3.06. The van der Waals surface area contributed by atoms with E-state index in [1.165, 1.54) is 38.9 Å². The van der Waals surface area contributed by atoms with Crippen molar-refractivity contribution in [1.29, 1.82) is 0 Å². The lowest BCUT2D eigenvalue weighted by Crippen LogP contribution is -2.19. The second-order valence-electron chi connectivity index (χ2n) is 11.5. The molecule has 0 saturated carbocycles. The molecule has 2 N–H and O–H groups in total. The SMILES string of the molecule is CC(C)c1cc(-c2ccc3c(c2)CCOC3)cc(C(C)C)c1CC1=NS(=O)(c2sc(C(C)(C)O)nc2CO)=N1. The van der Waals surface area contributed by atoms with Gasteiger partial charge in [0.2, 0.25) is 0 Å². The molecule has 2 aliphatic heterocycles. The molecule has 2 aliphatic rings. The highest BCUT2D eigenvalue weighted by atomic mass is 32.2. The van der Waals surface area contributed by atoms with Gasteiger partial charge < -0.3 is 14.9 Å². The highest BCUT2D eigenvalue weighted by Crippen LogP contribution is 2.38. The van der Waals surface area contributed by atoms with E-state index in [0.29, 0.717) is 28.1 Å². The van der Waals surface area contributed by atoms with E-state index in [2.05, 4.69) is 71.8 Å². The van der Waals surface area contributed by atoms with Gasteiger partial charge in [-0.3, -0.25) is 0 Å². The molecular formula is C30H37N3O4S2. The third-order valence-electron chi connectivity index (χ3n) is 7.25. The fraction of sp³-hybridized carbons (Fsp3) is 0.467. The molecule has 208 valence electrons. The predicted octanol–water partition coefficient (Wildman–Crippen LogP) is 6.25. The third-order valence-corrected chi connectivity index (χ3v) is 11.0. The van der Waals surface area contributed by atoms with E-state index < -0.39 is 15.5 Å². The Bertz CT molecular complexity index is 1540. The zero-order valence-electron chi connectivity index (χ0n) is 23.4. The second-order valence-corrected chi connectivity index (χ2v) is 14.5. The Morgan fingerprint density at radius 2 is 1.72 bits per heavy atom. The van der Waals surface area contributed by atoms with E-state index in [1.54, 1.807) is 13.8 Å². The minimum Gasteiger partial charge on any atom is -0.390 e. The van der Waals surface area contributed by atoms with Crippen molar-refractivity contribution < 1.29 is 19.2 Å². The van der Waals surface area contributed by atoms with E-state index in [9.17, 15) is 14.4 Å². The Labute approximate surface area is 235 Å². The summed E-state index contributed by atoms with van der Waals surface area (Å²) in [6.45, 7) is 13.1. The van der Waals surface area contributed by atoms with Gasteiger partial charge in [-0.25, -0.2) is 9.19 Å².